The largest absolute Gasteiger partial charge is 0.497 e. The van der Waals surface area contributed by atoms with Crippen LogP contribution < -0.4 is 9.47 Å². The third-order valence-electron chi connectivity index (χ3n) is 4.48. The minimum atomic E-state index is -0.187. The topological polar surface area (TPSA) is 106 Å². The maximum absolute atomic E-state index is 12.8. The predicted octanol–water partition coefficient (Wildman–Crippen LogP) is 2.97. The molecule has 5 rings (SSSR count). The van der Waals surface area contributed by atoms with Crippen LogP contribution in [0.4, 0.5) is 0 Å². The SMILES string of the molecule is COc1ccc2[nH]cc(C=C3Oc4ccc(-c5nn[nH]n5)cc4C3=O)c2c1. The highest BCUT2D eigenvalue weighted by molar-refractivity contribution is 6.15. The molecule has 1 aliphatic heterocycles. The normalized spacial score (nSPS) is 14.6. The average molecular weight is 359 g/mol. The second kappa shape index (κ2) is 5.80. The number of allylic oxidation sites excluding steroid dienone is 1. The van der Waals surface area contributed by atoms with Crippen LogP contribution in [0.15, 0.2) is 48.4 Å². The fraction of sp³-hybridized carbons (Fsp3) is 0.0526. The summed E-state index contributed by atoms with van der Waals surface area (Å²) in [4.78, 5) is 16.0. The van der Waals surface area contributed by atoms with E-state index in [-0.39, 0.29) is 11.5 Å². The zero-order valence-electron chi connectivity index (χ0n) is 14.2. The van der Waals surface area contributed by atoms with E-state index in [0.29, 0.717) is 22.7 Å². The number of carbonyl (C=O) groups is 1. The number of fused-ring (bicyclic) bond motifs is 2. The number of nitrogens with one attached hydrogen (secondary N) is 2. The Labute approximate surface area is 152 Å². The number of aromatic amines is 2. The monoisotopic (exact) mass is 359 g/mol. The maximum atomic E-state index is 12.8. The summed E-state index contributed by atoms with van der Waals surface area (Å²) in [6, 6.07) is 11.0. The lowest BCUT2D eigenvalue weighted by molar-refractivity contribution is 0.101. The third-order valence-corrected chi connectivity index (χ3v) is 4.48. The quantitative estimate of drug-likeness (QED) is 0.545. The van der Waals surface area contributed by atoms with E-state index in [1.54, 1.807) is 31.4 Å². The van der Waals surface area contributed by atoms with Gasteiger partial charge in [-0.25, -0.2) is 0 Å². The first kappa shape index (κ1) is 15.3. The highest BCUT2D eigenvalue weighted by Crippen LogP contribution is 2.35. The van der Waals surface area contributed by atoms with Crippen molar-refractivity contribution in [2.45, 2.75) is 0 Å². The first-order valence-corrected chi connectivity index (χ1v) is 8.20. The number of tetrazole rings is 1. The lowest BCUT2D eigenvalue weighted by atomic mass is 10.1. The molecule has 132 valence electrons. The van der Waals surface area contributed by atoms with Gasteiger partial charge in [0, 0.05) is 28.2 Å². The molecule has 0 fully saturated rings. The van der Waals surface area contributed by atoms with Crippen LogP contribution in [0, 0.1) is 0 Å². The fourth-order valence-electron chi connectivity index (χ4n) is 3.12. The Morgan fingerprint density at radius 3 is 2.93 bits per heavy atom. The molecule has 1 aliphatic rings. The number of hydrogen-bond acceptors (Lipinski definition) is 6. The number of ketones is 1. The molecular formula is C19H13N5O3. The molecule has 0 saturated heterocycles. The number of Topliss-reactive ketones (excluding diaryl/α,β-unsaturated/α-hetero) is 1. The Morgan fingerprint density at radius 2 is 2.11 bits per heavy atom. The highest BCUT2D eigenvalue weighted by atomic mass is 16.5. The molecule has 0 radical (unpaired) electrons. The number of ether oxygens (including phenoxy) is 2. The number of H-pyrrole nitrogens is 2. The van der Waals surface area contributed by atoms with Crippen LogP contribution in [0.2, 0.25) is 0 Å². The van der Waals surface area contributed by atoms with Crippen molar-refractivity contribution in [3.8, 4) is 22.9 Å². The molecule has 0 aliphatic carbocycles. The first-order chi connectivity index (χ1) is 13.2. The van der Waals surface area contributed by atoms with Crippen molar-refractivity contribution in [2.75, 3.05) is 7.11 Å². The fourth-order valence-corrected chi connectivity index (χ4v) is 3.12. The van der Waals surface area contributed by atoms with Crippen molar-refractivity contribution >= 4 is 22.8 Å². The second-order valence-electron chi connectivity index (χ2n) is 6.04. The van der Waals surface area contributed by atoms with Crippen LogP contribution >= 0.6 is 0 Å². The van der Waals surface area contributed by atoms with Crippen molar-refractivity contribution in [1.82, 2.24) is 25.6 Å². The van der Waals surface area contributed by atoms with Gasteiger partial charge in [0.1, 0.15) is 11.5 Å². The van der Waals surface area contributed by atoms with Gasteiger partial charge in [-0.1, -0.05) is 0 Å². The molecule has 3 heterocycles. The lowest BCUT2D eigenvalue weighted by Gasteiger charge is -2.00. The van der Waals surface area contributed by atoms with Crippen molar-refractivity contribution in [3.05, 3.63) is 59.5 Å². The lowest BCUT2D eigenvalue weighted by Crippen LogP contribution is -1.98. The Bertz CT molecular complexity index is 1210. The van der Waals surface area contributed by atoms with E-state index in [0.717, 1.165) is 22.2 Å². The predicted molar refractivity (Wildman–Crippen MR) is 97.4 cm³/mol. The van der Waals surface area contributed by atoms with E-state index < -0.39 is 0 Å². The first-order valence-electron chi connectivity index (χ1n) is 8.20. The minimum absolute atomic E-state index is 0.187. The summed E-state index contributed by atoms with van der Waals surface area (Å²) in [7, 11) is 1.62. The van der Waals surface area contributed by atoms with E-state index in [2.05, 4.69) is 25.6 Å². The van der Waals surface area contributed by atoms with Crippen molar-refractivity contribution < 1.29 is 14.3 Å². The van der Waals surface area contributed by atoms with Gasteiger partial charge in [-0.3, -0.25) is 4.79 Å². The zero-order chi connectivity index (χ0) is 18.4. The molecule has 8 heteroatoms. The summed E-state index contributed by atoms with van der Waals surface area (Å²) in [5, 5.41) is 14.8. The molecule has 2 N–H and O–H groups in total. The number of hydrogen-bond donors (Lipinski definition) is 2. The van der Waals surface area contributed by atoms with Crippen LogP contribution in [-0.2, 0) is 0 Å². The Kier molecular flexibility index (Phi) is 3.29. The molecule has 0 atom stereocenters. The summed E-state index contributed by atoms with van der Waals surface area (Å²) in [6.45, 7) is 0. The number of aromatic nitrogens is 5. The van der Waals surface area contributed by atoms with Gasteiger partial charge in [0.25, 0.3) is 0 Å². The minimum Gasteiger partial charge on any atom is -0.497 e. The second-order valence-corrected chi connectivity index (χ2v) is 6.04. The molecule has 2 aromatic heterocycles. The standard InChI is InChI=1S/C19H13N5O3/c1-26-12-3-4-15-13(8-12)11(9-20-15)7-17-18(25)14-6-10(2-5-16(14)27-17)19-21-23-24-22-19/h2-9,20H,1H3,(H,21,22,23,24). The Balaban J connectivity index is 1.54. The summed E-state index contributed by atoms with van der Waals surface area (Å²) >= 11 is 0. The smallest absolute Gasteiger partial charge is 0.231 e. The van der Waals surface area contributed by atoms with Crippen LogP contribution in [-0.4, -0.2) is 38.5 Å². The van der Waals surface area contributed by atoms with E-state index >= 15 is 0 Å². The Hall–Kier alpha value is -3.94. The number of methoxy groups -OCH3 is 1. The van der Waals surface area contributed by atoms with Gasteiger partial charge in [-0.15, -0.1) is 10.2 Å². The van der Waals surface area contributed by atoms with Crippen LogP contribution in [0.25, 0.3) is 28.4 Å². The van der Waals surface area contributed by atoms with Crippen LogP contribution in [0.1, 0.15) is 15.9 Å². The summed E-state index contributed by atoms with van der Waals surface area (Å²) in [6.07, 6.45) is 3.57. The summed E-state index contributed by atoms with van der Waals surface area (Å²) < 4.78 is 11.1. The Morgan fingerprint density at radius 1 is 1.19 bits per heavy atom. The highest BCUT2D eigenvalue weighted by Gasteiger charge is 2.28. The van der Waals surface area contributed by atoms with Gasteiger partial charge in [0.15, 0.2) is 5.76 Å². The van der Waals surface area contributed by atoms with Gasteiger partial charge in [0.05, 0.1) is 12.7 Å². The van der Waals surface area contributed by atoms with E-state index in [1.807, 2.05) is 24.4 Å². The number of benzene rings is 2. The molecule has 0 saturated carbocycles. The van der Waals surface area contributed by atoms with Crippen LogP contribution in [0.5, 0.6) is 11.5 Å². The summed E-state index contributed by atoms with van der Waals surface area (Å²) in [5.41, 5.74) is 2.96. The molecular weight excluding hydrogens is 346 g/mol. The van der Waals surface area contributed by atoms with Crippen molar-refractivity contribution in [1.29, 1.82) is 0 Å². The maximum Gasteiger partial charge on any atom is 0.231 e. The molecule has 27 heavy (non-hydrogen) atoms. The number of carbonyl (C=O) groups excluding carboxylic acids is 1. The molecule has 0 bridgehead atoms. The van der Waals surface area contributed by atoms with Gasteiger partial charge in [-0.2, -0.15) is 5.21 Å². The van der Waals surface area contributed by atoms with E-state index in [9.17, 15) is 4.79 Å². The van der Waals surface area contributed by atoms with Gasteiger partial charge in [0.2, 0.25) is 11.6 Å². The molecule has 4 aromatic rings. The van der Waals surface area contributed by atoms with Gasteiger partial charge >= 0.3 is 0 Å². The zero-order valence-corrected chi connectivity index (χ0v) is 14.2. The average Bonchev–Trinajstić information content (AvgIpc) is 3.42. The van der Waals surface area contributed by atoms with Crippen molar-refractivity contribution in [2.24, 2.45) is 0 Å². The van der Waals surface area contributed by atoms with E-state index in [4.69, 9.17) is 9.47 Å². The van der Waals surface area contributed by atoms with E-state index in [1.165, 1.54) is 0 Å². The number of rotatable bonds is 3. The number of nitrogens with zero attached hydrogens (tertiary/aromatic N) is 3. The van der Waals surface area contributed by atoms with Crippen LogP contribution in [0.3, 0.4) is 0 Å². The molecule has 8 nitrogen and oxygen atoms in total. The van der Waals surface area contributed by atoms with Gasteiger partial charge < -0.3 is 14.5 Å². The molecule has 0 spiro atoms. The molecule has 2 aromatic carbocycles. The van der Waals surface area contributed by atoms with Crippen molar-refractivity contribution in [3.63, 3.8) is 0 Å². The third kappa shape index (κ3) is 2.46. The molecule has 0 unspecified atom stereocenters. The molecule has 0 amide bonds. The summed E-state index contributed by atoms with van der Waals surface area (Å²) in [5.74, 6) is 1.75. The van der Waals surface area contributed by atoms with Gasteiger partial charge in [-0.05, 0) is 47.7 Å².